The molecule has 0 aliphatic heterocycles. The predicted molar refractivity (Wildman–Crippen MR) is 84.1 cm³/mol. The molecule has 3 nitrogen and oxygen atoms in total. The lowest BCUT2D eigenvalue weighted by molar-refractivity contribution is 0.102. The molecule has 0 radical (unpaired) electrons. The van der Waals surface area contributed by atoms with Gasteiger partial charge < -0.3 is 11.1 Å². The fourth-order valence-corrected chi connectivity index (χ4v) is 2.50. The van der Waals surface area contributed by atoms with E-state index in [1.807, 2.05) is 32.0 Å². The van der Waals surface area contributed by atoms with Crippen LogP contribution in [0.3, 0.4) is 0 Å². The second kappa shape index (κ2) is 6.38. The van der Waals surface area contributed by atoms with Crippen molar-refractivity contribution in [1.82, 2.24) is 0 Å². The third kappa shape index (κ3) is 3.27. The molecule has 0 atom stereocenters. The molecular weight excluding hydrogens is 268 g/mol. The summed E-state index contributed by atoms with van der Waals surface area (Å²) in [7, 11) is 0. The maximum atomic E-state index is 12.2. The number of rotatable bonds is 2. The molecule has 1 amide bonds. The number of aryl methyl sites for hydroxylation is 1. The molecule has 3 N–H and O–H groups in total. The minimum atomic E-state index is -0.115. The zero-order valence-electron chi connectivity index (χ0n) is 11.5. The van der Waals surface area contributed by atoms with E-state index in [1.54, 1.807) is 11.4 Å². The molecule has 0 saturated heterocycles. The summed E-state index contributed by atoms with van der Waals surface area (Å²) < 4.78 is 0. The smallest absolute Gasteiger partial charge is 0.256 e. The van der Waals surface area contributed by atoms with Gasteiger partial charge in [0.2, 0.25) is 0 Å². The summed E-state index contributed by atoms with van der Waals surface area (Å²) in [5.74, 6) is 5.59. The summed E-state index contributed by atoms with van der Waals surface area (Å²) in [5, 5.41) is 4.74. The molecular formula is C16H16N2OS. The number of amides is 1. The Morgan fingerprint density at radius 2 is 2.20 bits per heavy atom. The summed E-state index contributed by atoms with van der Waals surface area (Å²) in [6.07, 6.45) is 0. The molecule has 0 spiro atoms. The number of benzene rings is 1. The van der Waals surface area contributed by atoms with Crippen LogP contribution >= 0.6 is 11.3 Å². The van der Waals surface area contributed by atoms with Crippen molar-refractivity contribution in [2.45, 2.75) is 13.8 Å². The van der Waals surface area contributed by atoms with Gasteiger partial charge in [0.1, 0.15) is 0 Å². The van der Waals surface area contributed by atoms with Crippen molar-refractivity contribution >= 4 is 22.9 Å². The van der Waals surface area contributed by atoms with Gasteiger partial charge in [0.15, 0.2) is 0 Å². The lowest BCUT2D eigenvalue weighted by Crippen LogP contribution is -2.12. The van der Waals surface area contributed by atoms with Gasteiger partial charge in [-0.3, -0.25) is 4.79 Å². The van der Waals surface area contributed by atoms with Crippen LogP contribution in [0.15, 0.2) is 29.6 Å². The number of hydrogen-bond acceptors (Lipinski definition) is 3. The van der Waals surface area contributed by atoms with E-state index < -0.39 is 0 Å². The van der Waals surface area contributed by atoms with Gasteiger partial charge in [-0.15, -0.1) is 11.3 Å². The Hall–Kier alpha value is -2.09. The average molecular weight is 284 g/mol. The minimum absolute atomic E-state index is 0.115. The molecule has 0 fully saturated rings. The van der Waals surface area contributed by atoms with E-state index in [9.17, 15) is 4.79 Å². The maximum Gasteiger partial charge on any atom is 0.256 e. The van der Waals surface area contributed by atoms with Crippen molar-refractivity contribution in [2.75, 3.05) is 11.9 Å². The fourth-order valence-electron chi connectivity index (χ4n) is 1.74. The summed E-state index contributed by atoms with van der Waals surface area (Å²) in [5.41, 5.74) is 9.03. The van der Waals surface area contributed by atoms with E-state index in [0.717, 1.165) is 21.7 Å². The van der Waals surface area contributed by atoms with Crippen molar-refractivity contribution in [3.05, 3.63) is 51.2 Å². The number of carbonyl (C=O) groups excluding carboxylic acids is 1. The van der Waals surface area contributed by atoms with Gasteiger partial charge in [0, 0.05) is 11.1 Å². The van der Waals surface area contributed by atoms with Crippen LogP contribution in [0.25, 0.3) is 0 Å². The van der Waals surface area contributed by atoms with Crippen LogP contribution in [0.1, 0.15) is 26.4 Å². The zero-order chi connectivity index (χ0) is 14.5. The first kappa shape index (κ1) is 14.3. The Bertz CT molecular complexity index is 692. The van der Waals surface area contributed by atoms with Crippen molar-refractivity contribution < 1.29 is 4.79 Å². The highest BCUT2D eigenvalue weighted by atomic mass is 32.1. The molecule has 0 aliphatic carbocycles. The highest BCUT2D eigenvalue weighted by Gasteiger charge is 2.10. The number of nitrogens with one attached hydrogen (secondary N) is 1. The molecule has 0 unspecified atom stereocenters. The van der Waals surface area contributed by atoms with Gasteiger partial charge in [0.05, 0.1) is 17.0 Å². The Kier molecular flexibility index (Phi) is 4.57. The van der Waals surface area contributed by atoms with Crippen LogP contribution < -0.4 is 11.1 Å². The van der Waals surface area contributed by atoms with Crippen LogP contribution in [0.5, 0.6) is 0 Å². The standard InChI is InChI=1S/C16H16N2OS/c1-11-5-3-7-15(12(11)2)18-16(19)13-9-14(20-10-13)6-4-8-17/h3,5,7,9-10H,8,17H2,1-2H3,(H,18,19). The fraction of sp³-hybridized carbons (Fsp3) is 0.188. The lowest BCUT2D eigenvalue weighted by Gasteiger charge is -2.09. The molecule has 1 aromatic heterocycles. The van der Waals surface area contributed by atoms with Crippen molar-refractivity contribution in [2.24, 2.45) is 5.73 Å². The highest BCUT2D eigenvalue weighted by molar-refractivity contribution is 7.10. The quantitative estimate of drug-likeness (QED) is 0.833. The molecule has 4 heteroatoms. The van der Waals surface area contributed by atoms with Crippen molar-refractivity contribution in [3.8, 4) is 11.8 Å². The zero-order valence-corrected chi connectivity index (χ0v) is 12.3. The molecule has 1 aromatic carbocycles. The monoisotopic (exact) mass is 284 g/mol. The van der Waals surface area contributed by atoms with Crippen molar-refractivity contribution in [1.29, 1.82) is 0 Å². The van der Waals surface area contributed by atoms with E-state index >= 15 is 0 Å². The molecule has 1 heterocycles. The summed E-state index contributed by atoms with van der Waals surface area (Å²) >= 11 is 1.45. The minimum Gasteiger partial charge on any atom is -0.322 e. The lowest BCUT2D eigenvalue weighted by atomic mass is 10.1. The van der Waals surface area contributed by atoms with Gasteiger partial charge in [-0.05, 0) is 37.1 Å². The number of thiophene rings is 1. The Labute approximate surface area is 122 Å². The maximum absolute atomic E-state index is 12.2. The first-order chi connectivity index (χ1) is 9.61. The molecule has 0 bridgehead atoms. The largest absolute Gasteiger partial charge is 0.322 e. The number of anilines is 1. The van der Waals surface area contributed by atoms with E-state index in [1.165, 1.54) is 11.3 Å². The van der Waals surface area contributed by atoms with Gasteiger partial charge in [-0.25, -0.2) is 0 Å². The van der Waals surface area contributed by atoms with Crippen LogP contribution in [-0.2, 0) is 0 Å². The predicted octanol–water partition coefficient (Wildman–Crippen LogP) is 2.93. The van der Waals surface area contributed by atoms with Crippen LogP contribution in [-0.4, -0.2) is 12.5 Å². The van der Waals surface area contributed by atoms with Gasteiger partial charge in [-0.1, -0.05) is 24.0 Å². The molecule has 2 rings (SSSR count). The van der Waals surface area contributed by atoms with Gasteiger partial charge >= 0.3 is 0 Å². The third-order valence-corrected chi connectivity index (χ3v) is 3.87. The average Bonchev–Trinajstić information content (AvgIpc) is 2.90. The van der Waals surface area contributed by atoms with Crippen molar-refractivity contribution in [3.63, 3.8) is 0 Å². The van der Waals surface area contributed by atoms with E-state index in [-0.39, 0.29) is 5.91 Å². The molecule has 2 aromatic rings. The van der Waals surface area contributed by atoms with Gasteiger partial charge in [-0.2, -0.15) is 0 Å². The van der Waals surface area contributed by atoms with Gasteiger partial charge in [0.25, 0.3) is 5.91 Å². The van der Waals surface area contributed by atoms with Crippen LogP contribution in [0, 0.1) is 25.7 Å². The summed E-state index contributed by atoms with van der Waals surface area (Å²) in [6, 6.07) is 7.65. The first-order valence-corrected chi connectivity index (χ1v) is 7.15. The SMILES string of the molecule is Cc1cccc(NC(=O)c2csc(C#CCN)c2)c1C. The highest BCUT2D eigenvalue weighted by Crippen LogP contribution is 2.20. The third-order valence-electron chi connectivity index (χ3n) is 3.03. The Morgan fingerprint density at radius 3 is 2.95 bits per heavy atom. The molecule has 0 saturated carbocycles. The number of carbonyl (C=O) groups is 1. The Morgan fingerprint density at radius 1 is 1.40 bits per heavy atom. The Balaban J connectivity index is 2.16. The van der Waals surface area contributed by atoms with E-state index in [4.69, 9.17) is 5.73 Å². The van der Waals surface area contributed by atoms with Crippen LogP contribution in [0.2, 0.25) is 0 Å². The molecule has 102 valence electrons. The van der Waals surface area contributed by atoms with E-state index in [2.05, 4.69) is 17.2 Å². The molecule has 20 heavy (non-hydrogen) atoms. The first-order valence-electron chi connectivity index (χ1n) is 6.27. The summed E-state index contributed by atoms with van der Waals surface area (Å²) in [4.78, 5) is 13.0. The topological polar surface area (TPSA) is 55.1 Å². The normalized spacial score (nSPS) is 9.75. The second-order valence-corrected chi connectivity index (χ2v) is 5.32. The number of nitrogens with two attached hydrogens (primary N) is 1. The van der Waals surface area contributed by atoms with E-state index in [0.29, 0.717) is 12.1 Å². The molecule has 0 aliphatic rings. The number of hydrogen-bond donors (Lipinski definition) is 2. The second-order valence-electron chi connectivity index (χ2n) is 4.41. The van der Waals surface area contributed by atoms with Crippen LogP contribution in [0.4, 0.5) is 5.69 Å². The summed E-state index contributed by atoms with van der Waals surface area (Å²) in [6.45, 7) is 4.34.